The van der Waals surface area contributed by atoms with E-state index in [1.807, 2.05) is 0 Å². The van der Waals surface area contributed by atoms with Crippen LogP contribution in [0.15, 0.2) is 23.2 Å². The van der Waals surface area contributed by atoms with Gasteiger partial charge in [-0.2, -0.15) is 13.2 Å². The second-order valence-electron chi connectivity index (χ2n) is 6.23. The number of carbonyl (C=O) groups excluding carboxylic acids is 1. The molecule has 1 aliphatic rings. The smallest absolute Gasteiger partial charge is 0.320 e. The molecule has 7 nitrogen and oxygen atoms in total. The summed E-state index contributed by atoms with van der Waals surface area (Å²) in [5.41, 5.74) is 5.97. The maximum atomic E-state index is 12.2. The molecule has 0 spiro atoms. The molecule has 0 saturated heterocycles. The first-order valence-corrected chi connectivity index (χ1v) is 9.66. The van der Waals surface area contributed by atoms with E-state index in [4.69, 9.17) is 5.73 Å². The second-order valence-corrected chi connectivity index (χ2v) is 8.00. The zero-order valence-corrected chi connectivity index (χ0v) is 14.7. The third-order valence-electron chi connectivity index (χ3n) is 4.22. The minimum Gasteiger partial charge on any atom is -0.320 e. The number of nitrogens with one attached hydrogen (secondary N) is 2. The molecule has 4 N–H and O–H groups in total. The van der Waals surface area contributed by atoms with Crippen LogP contribution in [0.3, 0.4) is 0 Å². The Kier molecular flexibility index (Phi) is 6.58. The topological polar surface area (TPSA) is 114 Å². The number of nitrogens with two attached hydrogens (primary N) is 1. The van der Waals surface area contributed by atoms with Crippen molar-refractivity contribution in [3.63, 3.8) is 0 Å². The van der Waals surface area contributed by atoms with Crippen LogP contribution in [-0.2, 0) is 14.8 Å². The van der Waals surface area contributed by atoms with Crippen LogP contribution >= 0.6 is 0 Å². The van der Waals surface area contributed by atoms with Crippen molar-refractivity contribution < 1.29 is 26.4 Å². The van der Waals surface area contributed by atoms with E-state index in [1.165, 1.54) is 10.8 Å². The van der Waals surface area contributed by atoms with Gasteiger partial charge in [0.2, 0.25) is 15.9 Å². The van der Waals surface area contributed by atoms with Gasteiger partial charge in [0.15, 0.2) is 0 Å². The number of pyridine rings is 1. The quantitative estimate of drug-likeness (QED) is 0.680. The second kappa shape index (κ2) is 8.31. The van der Waals surface area contributed by atoms with E-state index in [9.17, 15) is 26.4 Å². The molecule has 0 bridgehead atoms. The summed E-state index contributed by atoms with van der Waals surface area (Å²) in [5, 5.41) is 2.50. The Labute approximate surface area is 149 Å². The third-order valence-corrected chi connectivity index (χ3v) is 5.61. The summed E-state index contributed by atoms with van der Waals surface area (Å²) in [6.07, 6.45) is 1.16. The molecule has 26 heavy (non-hydrogen) atoms. The van der Waals surface area contributed by atoms with Gasteiger partial charge in [0.1, 0.15) is 17.3 Å². The van der Waals surface area contributed by atoms with E-state index in [0.29, 0.717) is 0 Å². The fourth-order valence-corrected chi connectivity index (χ4v) is 3.75. The van der Waals surface area contributed by atoms with E-state index in [2.05, 4.69) is 10.3 Å². The summed E-state index contributed by atoms with van der Waals surface area (Å²) in [5.74, 6) is -0.249. The number of aromatic nitrogens is 1. The van der Waals surface area contributed by atoms with E-state index in [0.717, 1.165) is 44.4 Å². The predicted octanol–water partition coefficient (Wildman–Crippen LogP) is 1.77. The molecule has 1 aliphatic carbocycles. The van der Waals surface area contributed by atoms with E-state index in [-0.39, 0.29) is 11.7 Å². The molecule has 1 amide bonds. The van der Waals surface area contributed by atoms with Crippen LogP contribution in [-0.4, -0.2) is 38.1 Å². The summed E-state index contributed by atoms with van der Waals surface area (Å²) in [4.78, 5) is 15.5. The Morgan fingerprint density at radius 2 is 1.92 bits per heavy atom. The van der Waals surface area contributed by atoms with Gasteiger partial charge in [-0.15, -0.1) is 0 Å². The van der Waals surface area contributed by atoms with Crippen LogP contribution < -0.4 is 15.8 Å². The SMILES string of the molecule is N[C@H](C(=O)Nc1ccc(S(=O)(=O)NCC(F)(F)F)cn1)C1CCCCC1. The molecule has 1 aromatic heterocycles. The van der Waals surface area contributed by atoms with Crippen LogP contribution in [0.5, 0.6) is 0 Å². The number of hydrogen-bond donors (Lipinski definition) is 3. The van der Waals surface area contributed by atoms with Crippen LogP contribution in [0, 0.1) is 5.92 Å². The van der Waals surface area contributed by atoms with Crippen molar-refractivity contribution >= 4 is 21.7 Å². The molecule has 0 unspecified atom stereocenters. The highest BCUT2D eigenvalue weighted by Crippen LogP contribution is 2.26. The van der Waals surface area contributed by atoms with Crippen molar-refractivity contribution in [1.29, 1.82) is 0 Å². The molecule has 1 heterocycles. The lowest BCUT2D eigenvalue weighted by Crippen LogP contribution is -2.42. The van der Waals surface area contributed by atoms with Gasteiger partial charge in [0, 0.05) is 6.20 Å². The number of rotatable bonds is 6. The highest BCUT2D eigenvalue weighted by Gasteiger charge is 2.30. The lowest BCUT2D eigenvalue weighted by atomic mass is 9.84. The Balaban J connectivity index is 1.97. The molecular weight excluding hydrogens is 373 g/mol. The standard InChI is InChI=1S/C15H21F3N4O3S/c16-15(17,18)9-21-26(24,25)11-6-7-12(20-8-11)22-14(23)13(19)10-4-2-1-3-5-10/h6-8,10,13,21H,1-5,9,19H2,(H,20,22,23)/t13-/m0/s1. The number of sulfonamides is 1. The number of alkyl halides is 3. The first-order valence-electron chi connectivity index (χ1n) is 8.17. The normalized spacial score (nSPS) is 17.7. The van der Waals surface area contributed by atoms with Gasteiger partial charge in [-0.25, -0.2) is 18.1 Å². The number of carbonyl (C=O) groups is 1. The lowest BCUT2D eigenvalue weighted by Gasteiger charge is -2.26. The summed E-state index contributed by atoms with van der Waals surface area (Å²) >= 11 is 0. The zero-order valence-electron chi connectivity index (χ0n) is 13.9. The fraction of sp³-hybridized carbons (Fsp3) is 0.600. The van der Waals surface area contributed by atoms with Crippen LogP contribution in [0.25, 0.3) is 0 Å². The summed E-state index contributed by atoms with van der Waals surface area (Å²) in [6, 6.07) is 1.58. The van der Waals surface area contributed by atoms with Crippen molar-refractivity contribution in [2.45, 2.75) is 49.2 Å². The first kappa shape index (κ1) is 20.6. The lowest BCUT2D eigenvalue weighted by molar-refractivity contribution is -0.121. The monoisotopic (exact) mass is 394 g/mol. The zero-order chi connectivity index (χ0) is 19.4. The molecule has 2 rings (SSSR count). The van der Waals surface area contributed by atoms with Crippen molar-refractivity contribution in [2.75, 3.05) is 11.9 Å². The third kappa shape index (κ3) is 5.92. The Morgan fingerprint density at radius 1 is 1.27 bits per heavy atom. The highest BCUT2D eigenvalue weighted by atomic mass is 32.2. The van der Waals surface area contributed by atoms with Crippen LogP contribution in [0.4, 0.5) is 19.0 Å². The van der Waals surface area contributed by atoms with Crippen molar-refractivity contribution in [2.24, 2.45) is 11.7 Å². The minimum atomic E-state index is -4.66. The Hall–Kier alpha value is -1.72. The molecule has 1 aromatic rings. The largest absolute Gasteiger partial charge is 0.402 e. The Bertz CT molecular complexity index is 717. The van der Waals surface area contributed by atoms with Gasteiger partial charge in [-0.3, -0.25) is 4.79 Å². The summed E-state index contributed by atoms with van der Waals surface area (Å²) < 4.78 is 61.4. The summed E-state index contributed by atoms with van der Waals surface area (Å²) in [6.45, 7) is -1.68. The van der Waals surface area contributed by atoms with Crippen LogP contribution in [0.1, 0.15) is 32.1 Å². The molecule has 146 valence electrons. The Morgan fingerprint density at radius 3 is 2.46 bits per heavy atom. The number of anilines is 1. The van der Waals surface area contributed by atoms with Gasteiger partial charge >= 0.3 is 6.18 Å². The van der Waals surface area contributed by atoms with Gasteiger partial charge in [0.05, 0.1) is 6.04 Å². The van der Waals surface area contributed by atoms with Gasteiger partial charge in [-0.05, 0) is 30.9 Å². The minimum absolute atomic E-state index is 0.0797. The van der Waals surface area contributed by atoms with E-state index >= 15 is 0 Å². The van der Waals surface area contributed by atoms with Crippen LogP contribution in [0.2, 0.25) is 0 Å². The van der Waals surface area contributed by atoms with E-state index in [1.54, 1.807) is 0 Å². The molecule has 0 aliphatic heterocycles. The van der Waals surface area contributed by atoms with Crippen molar-refractivity contribution in [3.05, 3.63) is 18.3 Å². The maximum absolute atomic E-state index is 12.2. The van der Waals surface area contributed by atoms with Crippen molar-refractivity contribution in [3.8, 4) is 0 Å². The fourth-order valence-electron chi connectivity index (χ4n) is 2.79. The molecule has 1 atom stereocenters. The molecule has 0 aromatic carbocycles. The molecule has 11 heteroatoms. The number of halogens is 3. The summed E-state index contributed by atoms with van der Waals surface area (Å²) in [7, 11) is -4.34. The average molecular weight is 394 g/mol. The number of hydrogen-bond acceptors (Lipinski definition) is 5. The number of nitrogens with zero attached hydrogens (tertiary/aromatic N) is 1. The average Bonchev–Trinajstić information content (AvgIpc) is 2.60. The van der Waals surface area contributed by atoms with E-state index < -0.39 is 39.6 Å². The predicted molar refractivity (Wildman–Crippen MR) is 88.7 cm³/mol. The van der Waals surface area contributed by atoms with Crippen molar-refractivity contribution in [1.82, 2.24) is 9.71 Å². The molecular formula is C15H21F3N4O3S. The number of amides is 1. The molecule has 0 radical (unpaired) electrons. The maximum Gasteiger partial charge on any atom is 0.402 e. The van der Waals surface area contributed by atoms with Gasteiger partial charge < -0.3 is 11.1 Å². The first-order chi connectivity index (χ1) is 12.1. The van der Waals surface area contributed by atoms with Gasteiger partial charge in [0.25, 0.3) is 0 Å². The molecule has 1 saturated carbocycles. The van der Waals surface area contributed by atoms with Gasteiger partial charge in [-0.1, -0.05) is 19.3 Å². The highest BCUT2D eigenvalue weighted by molar-refractivity contribution is 7.89. The molecule has 1 fully saturated rings.